The van der Waals surface area contributed by atoms with Crippen LogP contribution in [0.3, 0.4) is 0 Å². The Morgan fingerprint density at radius 1 is 0.674 bits per heavy atom. The Morgan fingerprint density at radius 2 is 1.22 bits per heavy atom. The highest BCUT2D eigenvalue weighted by Crippen LogP contribution is 2.43. The monoisotopic (exact) mass is 674 g/mol. The third-order valence-electron chi connectivity index (χ3n) is 7.50. The van der Waals surface area contributed by atoms with Gasteiger partial charge in [-0.2, -0.15) is 0 Å². The fourth-order valence-electron chi connectivity index (χ4n) is 4.59. The number of likely N-dealkylation sites (N-methyl/N-ethyl adjacent to an activating group) is 1. The minimum Gasteiger partial charge on any atom is -0.462 e. The second kappa shape index (κ2) is 29.6. The molecule has 0 aromatic rings. The Morgan fingerprint density at radius 3 is 1.80 bits per heavy atom. The van der Waals surface area contributed by atoms with Crippen LogP contribution in [0.5, 0.6) is 0 Å². The van der Waals surface area contributed by atoms with Crippen molar-refractivity contribution < 1.29 is 42.1 Å². The molecule has 0 spiro atoms. The predicted molar refractivity (Wildman–Crippen MR) is 187 cm³/mol. The van der Waals surface area contributed by atoms with Gasteiger partial charge in [0.05, 0.1) is 27.7 Å². The molecule has 0 rings (SSSR count). The molecule has 2 unspecified atom stereocenters. The molecule has 0 heterocycles. The standard InChI is InChI=1S/C36H68NO8P/c1-6-8-10-12-14-16-17-18-19-21-23-25-27-29-36(39)45-34(33-44-46(40,41)43-31-30-37(3,4)5)32-42-35(38)28-26-24-22-20-15-13-11-9-7-2/h18-19,23,25,34H,6-17,20-22,24,26-33H2,1-5H3/p+1/b19-18+,25-23+. The fraction of sp³-hybridized carbons (Fsp3) is 0.833. The number of allylic oxidation sites excluding steroid dienone is 4. The van der Waals surface area contributed by atoms with Crippen molar-refractivity contribution in [3.05, 3.63) is 24.3 Å². The van der Waals surface area contributed by atoms with Crippen LogP contribution in [0.4, 0.5) is 0 Å². The van der Waals surface area contributed by atoms with E-state index in [1.165, 1.54) is 77.0 Å². The summed E-state index contributed by atoms with van der Waals surface area (Å²) in [6.07, 6.45) is 28.2. The molecule has 0 amide bonds. The van der Waals surface area contributed by atoms with Crippen molar-refractivity contribution in [1.29, 1.82) is 0 Å². The zero-order chi connectivity index (χ0) is 34.4. The Balaban J connectivity index is 4.57. The number of esters is 2. The molecule has 46 heavy (non-hydrogen) atoms. The van der Waals surface area contributed by atoms with Gasteiger partial charge in [-0.25, -0.2) is 4.57 Å². The summed E-state index contributed by atoms with van der Waals surface area (Å²) in [6, 6.07) is 0. The maximum atomic E-state index is 12.5. The second-order valence-electron chi connectivity index (χ2n) is 13.3. The lowest BCUT2D eigenvalue weighted by Gasteiger charge is -2.24. The third-order valence-corrected chi connectivity index (χ3v) is 8.48. The van der Waals surface area contributed by atoms with Crippen LogP contribution < -0.4 is 0 Å². The predicted octanol–water partition coefficient (Wildman–Crippen LogP) is 9.24. The van der Waals surface area contributed by atoms with E-state index >= 15 is 0 Å². The first-order valence-electron chi connectivity index (χ1n) is 18.1. The van der Waals surface area contributed by atoms with Gasteiger partial charge in [-0.05, 0) is 32.1 Å². The molecule has 0 aromatic heterocycles. The van der Waals surface area contributed by atoms with Crippen molar-refractivity contribution in [2.24, 2.45) is 0 Å². The van der Waals surface area contributed by atoms with Crippen LogP contribution >= 0.6 is 7.82 Å². The fourth-order valence-corrected chi connectivity index (χ4v) is 5.34. The minimum atomic E-state index is -4.37. The lowest BCUT2D eigenvalue weighted by molar-refractivity contribution is -0.870. The van der Waals surface area contributed by atoms with Gasteiger partial charge in [-0.3, -0.25) is 18.6 Å². The molecule has 0 radical (unpaired) electrons. The molecule has 9 nitrogen and oxygen atoms in total. The van der Waals surface area contributed by atoms with E-state index in [0.717, 1.165) is 32.1 Å². The van der Waals surface area contributed by atoms with Gasteiger partial charge >= 0.3 is 19.8 Å². The average molecular weight is 675 g/mol. The molecule has 270 valence electrons. The summed E-state index contributed by atoms with van der Waals surface area (Å²) < 4.78 is 33.9. The number of phosphoric acid groups is 1. The lowest BCUT2D eigenvalue weighted by atomic mass is 10.1. The van der Waals surface area contributed by atoms with E-state index in [-0.39, 0.29) is 32.0 Å². The van der Waals surface area contributed by atoms with E-state index in [2.05, 4.69) is 26.0 Å². The third kappa shape index (κ3) is 32.4. The SMILES string of the molecule is CCCCCCCC/C=C/C/C=C/CCC(=O)OC(COC(=O)CCCCCCCCCCC)COP(=O)(O)OCC[N+](C)(C)C. The molecule has 0 saturated heterocycles. The van der Waals surface area contributed by atoms with Crippen molar-refractivity contribution >= 4 is 19.8 Å². The Bertz CT molecular complexity index is 855. The van der Waals surface area contributed by atoms with Crippen LogP contribution in [0.2, 0.25) is 0 Å². The molecule has 0 aliphatic carbocycles. The first-order chi connectivity index (χ1) is 22.0. The number of unbranched alkanes of at least 4 members (excludes halogenated alkanes) is 14. The molecule has 0 aromatic carbocycles. The molecule has 2 atom stereocenters. The summed E-state index contributed by atoms with van der Waals surface area (Å²) in [6.45, 7) is 4.30. The summed E-state index contributed by atoms with van der Waals surface area (Å²) in [5.41, 5.74) is 0. The maximum absolute atomic E-state index is 12.5. The molecule has 10 heteroatoms. The van der Waals surface area contributed by atoms with Crippen LogP contribution in [0.1, 0.15) is 142 Å². The van der Waals surface area contributed by atoms with Crippen LogP contribution in [0, 0.1) is 0 Å². The van der Waals surface area contributed by atoms with Crippen LogP contribution in [0.15, 0.2) is 24.3 Å². The number of hydrogen-bond donors (Lipinski definition) is 1. The first kappa shape index (κ1) is 44.5. The summed E-state index contributed by atoms with van der Waals surface area (Å²) >= 11 is 0. The highest BCUT2D eigenvalue weighted by atomic mass is 31.2. The van der Waals surface area contributed by atoms with E-state index < -0.39 is 26.5 Å². The van der Waals surface area contributed by atoms with Crippen molar-refractivity contribution in [3.8, 4) is 0 Å². The van der Waals surface area contributed by atoms with Gasteiger partial charge in [0.2, 0.25) is 0 Å². The van der Waals surface area contributed by atoms with Crippen LogP contribution in [0.25, 0.3) is 0 Å². The quantitative estimate of drug-likeness (QED) is 0.0247. The Kier molecular flexibility index (Phi) is 28.6. The normalized spacial score (nSPS) is 14.1. The number of ether oxygens (including phenoxy) is 2. The van der Waals surface area contributed by atoms with Crippen molar-refractivity contribution in [1.82, 2.24) is 0 Å². The van der Waals surface area contributed by atoms with Gasteiger partial charge in [0.15, 0.2) is 6.10 Å². The number of phosphoric ester groups is 1. The maximum Gasteiger partial charge on any atom is 0.472 e. The smallest absolute Gasteiger partial charge is 0.462 e. The van der Waals surface area contributed by atoms with Gasteiger partial charge < -0.3 is 18.9 Å². The Labute approximate surface area is 281 Å². The molecular weight excluding hydrogens is 605 g/mol. The lowest BCUT2D eigenvalue weighted by Crippen LogP contribution is -2.37. The van der Waals surface area contributed by atoms with E-state index in [4.69, 9.17) is 18.5 Å². The number of nitrogens with zero attached hydrogens (tertiary/aromatic N) is 1. The molecule has 0 aliphatic heterocycles. The minimum absolute atomic E-state index is 0.0238. The Hall–Kier alpha value is -1.51. The molecule has 1 N–H and O–H groups in total. The highest BCUT2D eigenvalue weighted by Gasteiger charge is 2.27. The van der Waals surface area contributed by atoms with Gasteiger partial charge in [-0.15, -0.1) is 0 Å². The second-order valence-corrected chi connectivity index (χ2v) is 14.7. The largest absolute Gasteiger partial charge is 0.472 e. The van der Waals surface area contributed by atoms with Crippen molar-refractivity contribution in [2.75, 3.05) is 47.5 Å². The number of carbonyl (C=O) groups is 2. The van der Waals surface area contributed by atoms with Crippen molar-refractivity contribution in [2.45, 2.75) is 148 Å². The number of hydrogen-bond acceptors (Lipinski definition) is 7. The summed E-state index contributed by atoms with van der Waals surface area (Å²) in [5, 5.41) is 0. The van der Waals surface area contributed by atoms with E-state index in [0.29, 0.717) is 17.4 Å². The molecular formula is C36H69NO8P+. The zero-order valence-corrected chi connectivity index (χ0v) is 31.0. The summed E-state index contributed by atoms with van der Waals surface area (Å²) in [4.78, 5) is 35.0. The van der Waals surface area contributed by atoms with Gasteiger partial charge in [0, 0.05) is 12.8 Å². The summed E-state index contributed by atoms with van der Waals surface area (Å²) in [7, 11) is 1.44. The van der Waals surface area contributed by atoms with Gasteiger partial charge in [-0.1, -0.05) is 122 Å². The van der Waals surface area contributed by atoms with Gasteiger partial charge in [0.25, 0.3) is 0 Å². The van der Waals surface area contributed by atoms with Crippen molar-refractivity contribution in [3.63, 3.8) is 0 Å². The molecule has 0 aliphatic rings. The molecule has 0 fully saturated rings. The highest BCUT2D eigenvalue weighted by molar-refractivity contribution is 7.47. The topological polar surface area (TPSA) is 108 Å². The van der Waals surface area contributed by atoms with Gasteiger partial charge in [0.1, 0.15) is 19.8 Å². The number of rotatable bonds is 32. The molecule has 0 bridgehead atoms. The number of quaternary nitrogens is 1. The average Bonchev–Trinajstić information content (AvgIpc) is 2.99. The zero-order valence-electron chi connectivity index (χ0n) is 30.1. The van der Waals surface area contributed by atoms with Crippen LogP contribution in [-0.2, 0) is 32.7 Å². The van der Waals surface area contributed by atoms with E-state index in [1.807, 2.05) is 33.3 Å². The van der Waals surface area contributed by atoms with E-state index in [9.17, 15) is 19.0 Å². The van der Waals surface area contributed by atoms with Crippen LogP contribution in [-0.4, -0.2) is 74.9 Å². The molecule has 0 saturated carbocycles. The first-order valence-corrected chi connectivity index (χ1v) is 19.6. The number of carbonyl (C=O) groups excluding carboxylic acids is 2. The summed E-state index contributed by atoms with van der Waals surface area (Å²) in [5.74, 6) is -0.881. The van der Waals surface area contributed by atoms with E-state index in [1.54, 1.807) is 0 Å².